The lowest BCUT2D eigenvalue weighted by atomic mass is 9.86. The Kier molecular flexibility index (Phi) is 4.46. The molecule has 102 valence electrons. The largest absolute Gasteiger partial charge is 0.316 e. The van der Waals surface area contributed by atoms with E-state index in [1.165, 1.54) is 44.6 Å². The summed E-state index contributed by atoms with van der Waals surface area (Å²) in [7, 11) is 0. The molecule has 1 aromatic rings. The van der Waals surface area contributed by atoms with Gasteiger partial charge in [0.05, 0.1) is 11.6 Å². The molecule has 0 bridgehead atoms. The molecule has 0 radical (unpaired) electrons. The molecule has 2 heterocycles. The highest BCUT2D eigenvalue weighted by atomic mass is 35.5. The Balaban J connectivity index is 0.00000133. The Morgan fingerprint density at radius 2 is 2.05 bits per heavy atom. The van der Waals surface area contributed by atoms with Crippen molar-refractivity contribution in [3.63, 3.8) is 0 Å². The molecular weight excluding hydrogens is 258 g/mol. The predicted octanol–water partition coefficient (Wildman–Crippen LogP) is 2.17. The number of rotatable bonds is 2. The summed E-state index contributed by atoms with van der Waals surface area (Å²) < 4.78 is 0. The van der Waals surface area contributed by atoms with Gasteiger partial charge in [0.25, 0.3) is 0 Å². The van der Waals surface area contributed by atoms with Gasteiger partial charge in [-0.15, -0.1) is 12.4 Å². The molecule has 0 aromatic heterocycles. The van der Waals surface area contributed by atoms with E-state index in [9.17, 15) is 0 Å². The molecule has 19 heavy (non-hydrogen) atoms. The van der Waals surface area contributed by atoms with E-state index < -0.39 is 0 Å². The minimum absolute atomic E-state index is 0. The fourth-order valence-electron chi connectivity index (χ4n) is 3.25. The van der Waals surface area contributed by atoms with Gasteiger partial charge in [0, 0.05) is 19.6 Å². The Hall–Kier alpha value is -1.08. The first-order chi connectivity index (χ1) is 8.80. The number of hydrogen-bond acceptors (Lipinski definition) is 3. The van der Waals surface area contributed by atoms with Gasteiger partial charge in [0.2, 0.25) is 0 Å². The summed E-state index contributed by atoms with van der Waals surface area (Å²) in [6.45, 7) is 5.83. The van der Waals surface area contributed by atoms with Gasteiger partial charge in [-0.05, 0) is 49.0 Å². The van der Waals surface area contributed by atoms with E-state index in [0.717, 1.165) is 12.1 Å². The van der Waals surface area contributed by atoms with Crippen molar-refractivity contribution in [3.8, 4) is 6.07 Å². The van der Waals surface area contributed by atoms with E-state index in [4.69, 9.17) is 5.26 Å². The number of nitrogens with one attached hydrogen (secondary N) is 1. The molecule has 2 saturated heterocycles. The Morgan fingerprint density at radius 1 is 1.26 bits per heavy atom. The normalized spacial score (nSPS) is 26.3. The molecule has 3 rings (SSSR count). The van der Waals surface area contributed by atoms with Gasteiger partial charge in [0.15, 0.2) is 0 Å². The maximum atomic E-state index is 8.78. The molecular formula is C15H20ClN3. The van der Waals surface area contributed by atoms with Crippen molar-refractivity contribution in [2.45, 2.75) is 19.4 Å². The molecule has 1 N–H and O–H groups in total. The number of nitrogens with zero attached hydrogens (tertiary/aromatic N) is 2. The maximum absolute atomic E-state index is 8.78. The number of benzene rings is 1. The van der Waals surface area contributed by atoms with Crippen molar-refractivity contribution < 1.29 is 0 Å². The Labute approximate surface area is 121 Å². The van der Waals surface area contributed by atoms with Crippen molar-refractivity contribution in [2.24, 2.45) is 5.41 Å². The lowest BCUT2D eigenvalue weighted by Crippen LogP contribution is -2.28. The Bertz CT molecular complexity index is 457. The summed E-state index contributed by atoms with van der Waals surface area (Å²) in [5.74, 6) is 0. The van der Waals surface area contributed by atoms with Crippen molar-refractivity contribution in [2.75, 3.05) is 26.2 Å². The third-order valence-corrected chi connectivity index (χ3v) is 4.34. The minimum atomic E-state index is 0. The van der Waals surface area contributed by atoms with Crippen LogP contribution in [0, 0.1) is 16.7 Å². The van der Waals surface area contributed by atoms with Crippen LogP contribution in [0.1, 0.15) is 24.0 Å². The average Bonchev–Trinajstić information content (AvgIpc) is 3.02. The second-order valence-electron chi connectivity index (χ2n) is 5.70. The smallest absolute Gasteiger partial charge is 0.0991 e. The second-order valence-corrected chi connectivity index (χ2v) is 5.70. The van der Waals surface area contributed by atoms with Crippen LogP contribution in [0.25, 0.3) is 0 Å². The first kappa shape index (κ1) is 14.3. The highest BCUT2D eigenvalue weighted by Gasteiger charge is 2.39. The fourth-order valence-corrected chi connectivity index (χ4v) is 3.25. The van der Waals surface area contributed by atoms with Crippen molar-refractivity contribution in [1.82, 2.24) is 10.2 Å². The summed E-state index contributed by atoms with van der Waals surface area (Å²) in [4.78, 5) is 2.55. The van der Waals surface area contributed by atoms with E-state index in [1.54, 1.807) is 0 Å². The summed E-state index contributed by atoms with van der Waals surface area (Å²) >= 11 is 0. The molecule has 2 fully saturated rings. The Morgan fingerprint density at radius 3 is 2.68 bits per heavy atom. The third-order valence-electron chi connectivity index (χ3n) is 4.34. The van der Waals surface area contributed by atoms with Gasteiger partial charge in [-0.2, -0.15) is 5.26 Å². The number of likely N-dealkylation sites (tertiary alicyclic amines) is 1. The van der Waals surface area contributed by atoms with E-state index >= 15 is 0 Å². The first-order valence-electron chi connectivity index (χ1n) is 6.72. The highest BCUT2D eigenvalue weighted by molar-refractivity contribution is 5.85. The van der Waals surface area contributed by atoms with E-state index in [2.05, 4.69) is 28.4 Å². The van der Waals surface area contributed by atoms with Crippen molar-refractivity contribution >= 4 is 12.4 Å². The molecule has 0 amide bonds. The molecule has 1 spiro atoms. The number of nitriles is 1. The maximum Gasteiger partial charge on any atom is 0.0991 e. The molecule has 1 aromatic carbocycles. The standard InChI is InChI=1S/C15H19N3.ClH/c16-9-13-1-3-14(4-2-13)10-18-8-6-15(12-18)5-7-17-11-15;/h1-4,17H,5-8,10-12H2;1H. The van der Waals surface area contributed by atoms with Crippen LogP contribution in [0.5, 0.6) is 0 Å². The lowest BCUT2D eigenvalue weighted by Gasteiger charge is -2.22. The monoisotopic (exact) mass is 277 g/mol. The molecule has 1 atom stereocenters. The molecule has 2 aliphatic rings. The molecule has 1 unspecified atom stereocenters. The van der Waals surface area contributed by atoms with Crippen LogP contribution >= 0.6 is 12.4 Å². The van der Waals surface area contributed by atoms with Crippen LogP contribution in [0.3, 0.4) is 0 Å². The third kappa shape index (κ3) is 3.09. The molecule has 3 nitrogen and oxygen atoms in total. The molecule has 4 heteroatoms. The average molecular weight is 278 g/mol. The van der Waals surface area contributed by atoms with E-state index in [1.807, 2.05) is 12.1 Å². The van der Waals surface area contributed by atoms with Crippen LogP contribution in [-0.2, 0) is 6.54 Å². The molecule has 2 aliphatic heterocycles. The van der Waals surface area contributed by atoms with Crippen molar-refractivity contribution in [3.05, 3.63) is 35.4 Å². The van der Waals surface area contributed by atoms with Crippen LogP contribution in [0.2, 0.25) is 0 Å². The van der Waals surface area contributed by atoms with Gasteiger partial charge in [0.1, 0.15) is 0 Å². The zero-order valence-electron chi connectivity index (χ0n) is 11.1. The fraction of sp³-hybridized carbons (Fsp3) is 0.533. The summed E-state index contributed by atoms with van der Waals surface area (Å²) in [5.41, 5.74) is 2.61. The lowest BCUT2D eigenvalue weighted by molar-refractivity contribution is 0.268. The first-order valence-corrected chi connectivity index (χ1v) is 6.72. The van der Waals surface area contributed by atoms with Crippen LogP contribution in [-0.4, -0.2) is 31.1 Å². The molecule has 0 saturated carbocycles. The van der Waals surface area contributed by atoms with E-state index in [0.29, 0.717) is 5.41 Å². The SMILES string of the molecule is Cl.N#Cc1ccc(CN2CCC3(CCNC3)C2)cc1. The van der Waals surface area contributed by atoms with Crippen LogP contribution in [0.4, 0.5) is 0 Å². The predicted molar refractivity (Wildman–Crippen MR) is 78.2 cm³/mol. The minimum Gasteiger partial charge on any atom is -0.316 e. The quantitative estimate of drug-likeness (QED) is 0.900. The zero-order chi connectivity index (χ0) is 12.4. The van der Waals surface area contributed by atoms with Gasteiger partial charge in [-0.1, -0.05) is 12.1 Å². The van der Waals surface area contributed by atoms with Gasteiger partial charge < -0.3 is 5.32 Å². The highest BCUT2D eigenvalue weighted by Crippen LogP contribution is 2.36. The van der Waals surface area contributed by atoms with Gasteiger partial charge in [-0.25, -0.2) is 0 Å². The second kappa shape index (κ2) is 5.92. The topological polar surface area (TPSA) is 39.1 Å². The number of hydrogen-bond donors (Lipinski definition) is 1. The van der Waals surface area contributed by atoms with Crippen LogP contribution in [0.15, 0.2) is 24.3 Å². The van der Waals surface area contributed by atoms with Crippen molar-refractivity contribution in [1.29, 1.82) is 5.26 Å². The number of halogens is 1. The zero-order valence-corrected chi connectivity index (χ0v) is 11.9. The summed E-state index contributed by atoms with van der Waals surface area (Å²) in [6, 6.07) is 10.2. The van der Waals surface area contributed by atoms with E-state index in [-0.39, 0.29) is 12.4 Å². The van der Waals surface area contributed by atoms with Gasteiger partial charge in [-0.3, -0.25) is 4.90 Å². The van der Waals surface area contributed by atoms with Gasteiger partial charge >= 0.3 is 0 Å². The molecule has 0 aliphatic carbocycles. The van der Waals surface area contributed by atoms with Crippen LogP contribution < -0.4 is 5.32 Å². The summed E-state index contributed by atoms with van der Waals surface area (Å²) in [5, 5.41) is 12.3. The summed E-state index contributed by atoms with van der Waals surface area (Å²) in [6.07, 6.45) is 2.66.